The molecule has 0 amide bonds. The van der Waals surface area contributed by atoms with Crippen molar-refractivity contribution in [2.45, 2.75) is 25.7 Å². The number of carbonyl (C=O) groups excluding carboxylic acids is 1. The minimum absolute atomic E-state index is 0.148. The number of nitrogens with one attached hydrogen (secondary N) is 2. The van der Waals surface area contributed by atoms with Gasteiger partial charge in [-0.2, -0.15) is 0 Å². The van der Waals surface area contributed by atoms with Gasteiger partial charge in [0.15, 0.2) is 5.11 Å². The number of ether oxygens (including phenoxy) is 1. The van der Waals surface area contributed by atoms with E-state index in [0.29, 0.717) is 11.5 Å². The third-order valence-electron chi connectivity index (χ3n) is 2.67. The summed E-state index contributed by atoms with van der Waals surface area (Å²) < 4.78 is 5.62. The van der Waals surface area contributed by atoms with E-state index in [4.69, 9.17) is 12.2 Å². The van der Waals surface area contributed by atoms with E-state index < -0.39 is 0 Å². The molecular formula is C14H19BrN2O2S. The summed E-state index contributed by atoms with van der Waals surface area (Å²) in [6, 6.07) is 7.82. The number of carbonyl (C=O) groups is 1. The van der Waals surface area contributed by atoms with Crippen molar-refractivity contribution >= 4 is 44.9 Å². The third-order valence-corrected chi connectivity index (χ3v) is 3.45. The summed E-state index contributed by atoms with van der Waals surface area (Å²) in [7, 11) is 1.41. The average molecular weight is 359 g/mol. The maximum Gasteiger partial charge on any atom is 0.305 e. The van der Waals surface area contributed by atoms with Crippen LogP contribution >= 0.6 is 28.1 Å². The summed E-state index contributed by atoms with van der Waals surface area (Å²) >= 11 is 8.58. The fourth-order valence-electron chi connectivity index (χ4n) is 1.58. The SMILES string of the molecule is COC(=O)CCCCCNC(=S)Nc1ccc(Br)cc1. The Morgan fingerprint density at radius 1 is 1.25 bits per heavy atom. The van der Waals surface area contributed by atoms with Crippen LogP contribution in [0.4, 0.5) is 5.69 Å². The van der Waals surface area contributed by atoms with Crippen LogP contribution in [0.5, 0.6) is 0 Å². The first-order chi connectivity index (χ1) is 9.61. The number of rotatable bonds is 7. The molecule has 0 atom stereocenters. The van der Waals surface area contributed by atoms with Gasteiger partial charge in [-0.15, -0.1) is 0 Å². The van der Waals surface area contributed by atoms with E-state index in [1.54, 1.807) is 0 Å². The van der Waals surface area contributed by atoms with Crippen LogP contribution < -0.4 is 10.6 Å². The summed E-state index contributed by atoms with van der Waals surface area (Å²) in [6.07, 6.45) is 3.28. The van der Waals surface area contributed by atoms with Crippen molar-refractivity contribution in [1.82, 2.24) is 5.32 Å². The lowest BCUT2D eigenvalue weighted by atomic mass is 10.2. The predicted molar refractivity (Wildman–Crippen MR) is 88.8 cm³/mol. The molecule has 0 aromatic heterocycles. The minimum Gasteiger partial charge on any atom is -0.469 e. The molecule has 110 valence electrons. The largest absolute Gasteiger partial charge is 0.469 e. The summed E-state index contributed by atoms with van der Waals surface area (Å²) in [4.78, 5) is 10.9. The Labute approximate surface area is 133 Å². The highest BCUT2D eigenvalue weighted by atomic mass is 79.9. The van der Waals surface area contributed by atoms with E-state index in [2.05, 4.69) is 31.3 Å². The zero-order valence-corrected chi connectivity index (χ0v) is 13.9. The Hall–Kier alpha value is -1.14. The van der Waals surface area contributed by atoms with Gasteiger partial charge < -0.3 is 15.4 Å². The lowest BCUT2D eigenvalue weighted by Crippen LogP contribution is -2.29. The van der Waals surface area contributed by atoms with Crippen LogP contribution in [-0.2, 0) is 9.53 Å². The van der Waals surface area contributed by atoms with E-state index >= 15 is 0 Å². The molecule has 0 bridgehead atoms. The van der Waals surface area contributed by atoms with Gasteiger partial charge >= 0.3 is 5.97 Å². The molecule has 0 spiro atoms. The number of unbranched alkanes of at least 4 members (excludes halogenated alkanes) is 2. The molecule has 0 aliphatic carbocycles. The van der Waals surface area contributed by atoms with Crippen LogP contribution in [0.2, 0.25) is 0 Å². The molecule has 4 nitrogen and oxygen atoms in total. The molecule has 0 radical (unpaired) electrons. The lowest BCUT2D eigenvalue weighted by Gasteiger charge is -2.10. The highest BCUT2D eigenvalue weighted by Gasteiger charge is 2.00. The van der Waals surface area contributed by atoms with Crippen LogP contribution in [0.1, 0.15) is 25.7 Å². The number of thiocarbonyl (C=S) groups is 1. The molecule has 2 N–H and O–H groups in total. The van der Waals surface area contributed by atoms with Gasteiger partial charge in [0.2, 0.25) is 0 Å². The smallest absolute Gasteiger partial charge is 0.305 e. The Morgan fingerprint density at radius 2 is 1.95 bits per heavy atom. The van der Waals surface area contributed by atoms with Gasteiger partial charge in [-0.3, -0.25) is 4.79 Å². The Morgan fingerprint density at radius 3 is 2.60 bits per heavy atom. The summed E-state index contributed by atoms with van der Waals surface area (Å²) in [5.41, 5.74) is 0.955. The minimum atomic E-state index is -0.148. The summed E-state index contributed by atoms with van der Waals surface area (Å²) in [5.74, 6) is -0.148. The number of anilines is 1. The molecule has 0 aliphatic rings. The topological polar surface area (TPSA) is 50.4 Å². The monoisotopic (exact) mass is 358 g/mol. The first-order valence-electron chi connectivity index (χ1n) is 6.49. The molecule has 0 saturated heterocycles. The van der Waals surface area contributed by atoms with Gasteiger partial charge in [0, 0.05) is 23.1 Å². The molecule has 0 aliphatic heterocycles. The number of esters is 1. The van der Waals surface area contributed by atoms with Gasteiger partial charge in [0.25, 0.3) is 0 Å². The van der Waals surface area contributed by atoms with Crippen molar-refractivity contribution in [2.24, 2.45) is 0 Å². The highest BCUT2D eigenvalue weighted by molar-refractivity contribution is 9.10. The first kappa shape index (κ1) is 16.9. The fourth-order valence-corrected chi connectivity index (χ4v) is 2.07. The molecule has 0 saturated carbocycles. The summed E-state index contributed by atoms with van der Waals surface area (Å²) in [6.45, 7) is 0.795. The number of benzene rings is 1. The average Bonchev–Trinajstić information content (AvgIpc) is 2.44. The van der Waals surface area contributed by atoms with Crippen molar-refractivity contribution in [2.75, 3.05) is 19.0 Å². The molecule has 20 heavy (non-hydrogen) atoms. The highest BCUT2D eigenvalue weighted by Crippen LogP contribution is 2.13. The van der Waals surface area contributed by atoms with Crippen molar-refractivity contribution in [3.05, 3.63) is 28.7 Å². The van der Waals surface area contributed by atoms with Crippen LogP contribution in [0.3, 0.4) is 0 Å². The number of hydrogen-bond acceptors (Lipinski definition) is 3. The van der Waals surface area contributed by atoms with Crippen molar-refractivity contribution in [3.8, 4) is 0 Å². The zero-order valence-electron chi connectivity index (χ0n) is 11.4. The van der Waals surface area contributed by atoms with Crippen LogP contribution in [-0.4, -0.2) is 24.7 Å². The maximum absolute atomic E-state index is 10.9. The second-order valence-corrected chi connectivity index (χ2v) is 5.60. The lowest BCUT2D eigenvalue weighted by molar-refractivity contribution is -0.140. The molecule has 1 aromatic rings. The zero-order chi connectivity index (χ0) is 14.8. The fraction of sp³-hybridized carbons (Fsp3) is 0.429. The van der Waals surface area contributed by atoms with Gasteiger partial charge in [0.05, 0.1) is 7.11 Å². The Balaban J connectivity index is 2.08. The van der Waals surface area contributed by atoms with Crippen molar-refractivity contribution in [3.63, 3.8) is 0 Å². The van der Waals surface area contributed by atoms with Crippen molar-refractivity contribution < 1.29 is 9.53 Å². The Kier molecular flexibility index (Phi) is 8.22. The quantitative estimate of drug-likeness (QED) is 0.444. The van der Waals surface area contributed by atoms with E-state index in [1.165, 1.54) is 7.11 Å². The molecular weight excluding hydrogens is 340 g/mol. The standard InChI is InChI=1S/C14H19BrN2O2S/c1-19-13(18)5-3-2-4-10-16-14(20)17-12-8-6-11(15)7-9-12/h6-9H,2-5,10H2,1H3,(H2,16,17,20). The molecule has 0 unspecified atom stereocenters. The third kappa shape index (κ3) is 7.45. The Bertz CT molecular complexity index is 437. The second kappa shape index (κ2) is 9.72. The van der Waals surface area contributed by atoms with E-state index in [-0.39, 0.29) is 5.97 Å². The van der Waals surface area contributed by atoms with Gasteiger partial charge in [0.1, 0.15) is 0 Å². The van der Waals surface area contributed by atoms with Gasteiger partial charge in [-0.25, -0.2) is 0 Å². The van der Waals surface area contributed by atoms with Crippen LogP contribution in [0.15, 0.2) is 28.7 Å². The maximum atomic E-state index is 10.9. The summed E-state index contributed by atoms with van der Waals surface area (Å²) in [5, 5.41) is 6.86. The molecule has 6 heteroatoms. The van der Waals surface area contributed by atoms with E-state index in [1.807, 2.05) is 24.3 Å². The number of halogens is 1. The number of methoxy groups -OCH3 is 1. The van der Waals surface area contributed by atoms with Crippen LogP contribution in [0.25, 0.3) is 0 Å². The van der Waals surface area contributed by atoms with E-state index in [9.17, 15) is 4.79 Å². The van der Waals surface area contributed by atoms with Crippen molar-refractivity contribution in [1.29, 1.82) is 0 Å². The second-order valence-electron chi connectivity index (χ2n) is 4.27. The van der Waals surface area contributed by atoms with Gasteiger partial charge in [-0.05, 0) is 49.3 Å². The number of hydrogen-bond donors (Lipinski definition) is 2. The molecule has 0 fully saturated rings. The first-order valence-corrected chi connectivity index (χ1v) is 7.69. The molecule has 1 aromatic carbocycles. The van der Waals surface area contributed by atoms with E-state index in [0.717, 1.165) is 36.0 Å². The van der Waals surface area contributed by atoms with Gasteiger partial charge in [-0.1, -0.05) is 22.4 Å². The van der Waals surface area contributed by atoms with Crippen LogP contribution in [0, 0.1) is 0 Å². The normalized spacial score (nSPS) is 9.90. The molecule has 0 heterocycles. The predicted octanol–water partition coefficient (Wildman–Crippen LogP) is 3.47. The molecule has 1 rings (SSSR count).